The van der Waals surface area contributed by atoms with Gasteiger partial charge in [0, 0.05) is 17.7 Å². The number of nitrogens with one attached hydrogen (secondary N) is 1. The van der Waals surface area contributed by atoms with E-state index in [9.17, 15) is 4.39 Å². The Bertz CT molecular complexity index is 621. The van der Waals surface area contributed by atoms with Gasteiger partial charge >= 0.3 is 0 Å². The highest BCUT2D eigenvalue weighted by Crippen LogP contribution is 2.36. The molecule has 106 valence electrons. The Kier molecular flexibility index (Phi) is 5.02. The van der Waals surface area contributed by atoms with Gasteiger partial charge < -0.3 is 10.1 Å². The first-order valence-corrected chi connectivity index (χ1v) is 7.28. The lowest BCUT2D eigenvalue weighted by atomic mass is 10.1. The second kappa shape index (κ2) is 6.57. The molecule has 0 aliphatic carbocycles. The molecule has 0 fully saturated rings. The van der Waals surface area contributed by atoms with Gasteiger partial charge in [0.25, 0.3) is 0 Å². The van der Waals surface area contributed by atoms with Crippen LogP contribution in [-0.4, -0.2) is 7.05 Å². The molecule has 0 radical (unpaired) electrons. The predicted molar refractivity (Wildman–Crippen MR) is 83.1 cm³/mol. The van der Waals surface area contributed by atoms with Crippen molar-refractivity contribution in [3.63, 3.8) is 0 Å². The summed E-state index contributed by atoms with van der Waals surface area (Å²) in [6.07, 6.45) is 0. The molecular formula is C15H14BrClFNO. The first-order chi connectivity index (χ1) is 9.52. The van der Waals surface area contributed by atoms with Crippen LogP contribution in [0.3, 0.4) is 0 Å². The lowest BCUT2D eigenvalue weighted by Gasteiger charge is -2.17. The molecule has 0 saturated carbocycles. The van der Waals surface area contributed by atoms with Crippen LogP contribution in [0, 0.1) is 5.82 Å². The van der Waals surface area contributed by atoms with Gasteiger partial charge in [-0.2, -0.15) is 0 Å². The summed E-state index contributed by atoms with van der Waals surface area (Å²) >= 11 is 9.05. The standard InChI is InChI=1S/C15H14BrClFNO/c1-9(19-2)10-5-3-4-6-14(10)20-15-8-13(18)12(17)7-11(15)16/h3-9,19H,1-2H3. The number of hydrogen-bond donors (Lipinski definition) is 1. The first-order valence-electron chi connectivity index (χ1n) is 6.11. The zero-order chi connectivity index (χ0) is 14.7. The van der Waals surface area contributed by atoms with Gasteiger partial charge in [-0.25, -0.2) is 4.39 Å². The molecule has 0 aromatic heterocycles. The first kappa shape index (κ1) is 15.3. The molecule has 0 aliphatic heterocycles. The van der Waals surface area contributed by atoms with Gasteiger partial charge in [-0.15, -0.1) is 0 Å². The molecule has 2 aromatic rings. The van der Waals surface area contributed by atoms with Crippen LogP contribution in [0.15, 0.2) is 40.9 Å². The average Bonchev–Trinajstić information content (AvgIpc) is 2.44. The highest BCUT2D eigenvalue weighted by molar-refractivity contribution is 9.10. The van der Waals surface area contributed by atoms with Crippen LogP contribution in [0.2, 0.25) is 5.02 Å². The minimum Gasteiger partial charge on any atom is -0.456 e. The van der Waals surface area contributed by atoms with Crippen LogP contribution in [0.25, 0.3) is 0 Å². The molecule has 0 heterocycles. The summed E-state index contributed by atoms with van der Waals surface area (Å²) in [5.41, 5.74) is 0.997. The highest BCUT2D eigenvalue weighted by atomic mass is 79.9. The Hall–Kier alpha value is -1.10. The van der Waals surface area contributed by atoms with Crippen LogP contribution < -0.4 is 10.1 Å². The summed E-state index contributed by atoms with van der Waals surface area (Å²) in [5.74, 6) is 0.559. The van der Waals surface area contributed by atoms with Gasteiger partial charge in [0.2, 0.25) is 0 Å². The molecule has 1 unspecified atom stereocenters. The van der Waals surface area contributed by atoms with Crippen molar-refractivity contribution in [2.45, 2.75) is 13.0 Å². The number of halogens is 3. The smallest absolute Gasteiger partial charge is 0.145 e. The highest BCUT2D eigenvalue weighted by Gasteiger charge is 2.13. The van der Waals surface area contributed by atoms with Crippen LogP contribution in [0.5, 0.6) is 11.5 Å². The van der Waals surface area contributed by atoms with E-state index in [1.165, 1.54) is 12.1 Å². The Balaban J connectivity index is 2.38. The minimum atomic E-state index is -0.510. The predicted octanol–water partition coefficient (Wildman–Crippen LogP) is 5.31. The normalized spacial score (nSPS) is 12.2. The SMILES string of the molecule is CNC(C)c1ccccc1Oc1cc(F)c(Cl)cc1Br. The zero-order valence-corrected chi connectivity index (χ0v) is 13.4. The maximum atomic E-state index is 13.5. The van der Waals surface area contributed by atoms with Crippen molar-refractivity contribution in [1.82, 2.24) is 5.32 Å². The van der Waals surface area contributed by atoms with Crippen molar-refractivity contribution in [1.29, 1.82) is 0 Å². The van der Waals surface area contributed by atoms with E-state index in [1.807, 2.05) is 38.2 Å². The van der Waals surface area contributed by atoms with E-state index in [-0.39, 0.29) is 11.1 Å². The molecule has 0 spiro atoms. The largest absolute Gasteiger partial charge is 0.456 e. The monoisotopic (exact) mass is 357 g/mol. The summed E-state index contributed by atoms with van der Waals surface area (Å²) in [4.78, 5) is 0. The summed E-state index contributed by atoms with van der Waals surface area (Å²) in [6, 6.07) is 10.5. The Morgan fingerprint density at radius 3 is 2.65 bits per heavy atom. The van der Waals surface area contributed by atoms with Crippen molar-refractivity contribution in [3.05, 3.63) is 57.3 Å². The van der Waals surface area contributed by atoms with Crippen LogP contribution in [-0.2, 0) is 0 Å². The van der Waals surface area contributed by atoms with Crippen molar-refractivity contribution < 1.29 is 9.13 Å². The van der Waals surface area contributed by atoms with Gasteiger partial charge in [-0.05, 0) is 42.0 Å². The molecule has 0 amide bonds. The molecular weight excluding hydrogens is 345 g/mol. The molecule has 0 bridgehead atoms. The Morgan fingerprint density at radius 1 is 1.25 bits per heavy atom. The topological polar surface area (TPSA) is 21.3 Å². The molecule has 20 heavy (non-hydrogen) atoms. The second-order valence-corrected chi connectivity index (χ2v) is 5.61. The van der Waals surface area contributed by atoms with Gasteiger partial charge in [0.15, 0.2) is 0 Å². The summed E-state index contributed by atoms with van der Waals surface area (Å²) < 4.78 is 20.0. The van der Waals surface area contributed by atoms with E-state index < -0.39 is 5.82 Å². The maximum absolute atomic E-state index is 13.5. The number of para-hydroxylation sites is 1. The fourth-order valence-electron chi connectivity index (χ4n) is 1.79. The van der Waals surface area contributed by atoms with Gasteiger partial charge in [0.1, 0.15) is 17.3 Å². The molecule has 2 nitrogen and oxygen atoms in total. The Morgan fingerprint density at radius 2 is 1.95 bits per heavy atom. The van der Waals surface area contributed by atoms with Crippen molar-refractivity contribution in [2.24, 2.45) is 0 Å². The van der Waals surface area contributed by atoms with E-state index in [4.69, 9.17) is 16.3 Å². The van der Waals surface area contributed by atoms with Gasteiger partial charge in [-0.3, -0.25) is 0 Å². The van der Waals surface area contributed by atoms with E-state index in [0.717, 1.165) is 5.56 Å². The number of rotatable bonds is 4. The van der Waals surface area contributed by atoms with E-state index in [2.05, 4.69) is 21.2 Å². The molecule has 2 rings (SSSR count). The summed E-state index contributed by atoms with van der Waals surface area (Å²) in [6.45, 7) is 2.03. The van der Waals surface area contributed by atoms with Crippen LogP contribution >= 0.6 is 27.5 Å². The number of ether oxygens (including phenoxy) is 1. The number of hydrogen-bond acceptors (Lipinski definition) is 2. The molecule has 2 aromatic carbocycles. The average molecular weight is 359 g/mol. The molecule has 5 heteroatoms. The van der Waals surface area contributed by atoms with E-state index >= 15 is 0 Å². The maximum Gasteiger partial charge on any atom is 0.145 e. The summed E-state index contributed by atoms with van der Waals surface area (Å²) in [7, 11) is 1.87. The van der Waals surface area contributed by atoms with Crippen LogP contribution in [0.4, 0.5) is 4.39 Å². The fourth-order valence-corrected chi connectivity index (χ4v) is 2.51. The third-order valence-corrected chi connectivity index (χ3v) is 3.92. The second-order valence-electron chi connectivity index (χ2n) is 4.35. The molecule has 1 N–H and O–H groups in total. The van der Waals surface area contributed by atoms with Crippen LogP contribution in [0.1, 0.15) is 18.5 Å². The Labute approximate surface area is 131 Å². The lowest BCUT2D eigenvalue weighted by molar-refractivity contribution is 0.459. The van der Waals surface area contributed by atoms with Crippen molar-refractivity contribution in [3.8, 4) is 11.5 Å². The van der Waals surface area contributed by atoms with E-state index in [0.29, 0.717) is 16.0 Å². The molecule has 0 aliphatic rings. The quantitative estimate of drug-likeness (QED) is 0.747. The van der Waals surface area contributed by atoms with E-state index in [1.54, 1.807) is 0 Å². The third-order valence-electron chi connectivity index (χ3n) is 3.01. The zero-order valence-electron chi connectivity index (χ0n) is 11.1. The fraction of sp³-hybridized carbons (Fsp3) is 0.200. The van der Waals surface area contributed by atoms with Gasteiger partial charge in [-0.1, -0.05) is 29.8 Å². The molecule has 1 atom stereocenters. The number of benzene rings is 2. The van der Waals surface area contributed by atoms with Crippen molar-refractivity contribution >= 4 is 27.5 Å². The minimum absolute atomic E-state index is 0.0566. The molecule has 0 saturated heterocycles. The third kappa shape index (κ3) is 3.32. The lowest BCUT2D eigenvalue weighted by Crippen LogP contribution is -2.13. The van der Waals surface area contributed by atoms with Gasteiger partial charge in [0.05, 0.1) is 9.50 Å². The summed E-state index contributed by atoms with van der Waals surface area (Å²) in [5, 5.41) is 3.21. The van der Waals surface area contributed by atoms with Crippen molar-refractivity contribution in [2.75, 3.05) is 7.05 Å².